The van der Waals surface area contributed by atoms with Crippen LogP contribution in [0.25, 0.3) is 0 Å². The second-order valence-corrected chi connectivity index (χ2v) is 4.80. The lowest BCUT2D eigenvalue weighted by Crippen LogP contribution is -2.39. The van der Waals surface area contributed by atoms with Gasteiger partial charge in [-0.2, -0.15) is 0 Å². The summed E-state index contributed by atoms with van der Waals surface area (Å²) in [4.78, 5) is 11.4. The average Bonchev–Trinajstić information content (AvgIpc) is 2.41. The number of esters is 1. The minimum atomic E-state index is -1.13. The number of carbonyl (C=O) groups is 1. The lowest BCUT2D eigenvalue weighted by Gasteiger charge is -2.26. The highest BCUT2D eigenvalue weighted by Crippen LogP contribution is 2.16. The molecule has 0 aliphatic carbocycles. The standard InChI is InChI=1S/C13H26O5/c1-2-3-4-5-6-7-12(17)18-11-13(8-14,9-15)10-16/h14-16H,2-11H2,1H3. The minimum Gasteiger partial charge on any atom is -0.465 e. The number of unbranched alkanes of at least 4 members (excludes halogenated alkanes) is 4. The molecule has 108 valence electrons. The monoisotopic (exact) mass is 262 g/mol. The maximum atomic E-state index is 11.4. The van der Waals surface area contributed by atoms with E-state index < -0.39 is 25.2 Å². The molecular formula is C13H26O5. The van der Waals surface area contributed by atoms with Crippen LogP contribution in [-0.4, -0.2) is 47.7 Å². The molecule has 0 radical (unpaired) electrons. The molecule has 0 heterocycles. The molecule has 0 unspecified atom stereocenters. The molecule has 0 atom stereocenters. The Morgan fingerprint density at radius 1 is 1.00 bits per heavy atom. The molecule has 0 bridgehead atoms. The van der Waals surface area contributed by atoms with E-state index in [2.05, 4.69) is 6.92 Å². The second kappa shape index (κ2) is 10.3. The van der Waals surface area contributed by atoms with Gasteiger partial charge in [-0.1, -0.05) is 32.6 Å². The highest BCUT2D eigenvalue weighted by molar-refractivity contribution is 5.69. The Labute approximate surface area is 109 Å². The fourth-order valence-corrected chi connectivity index (χ4v) is 1.47. The van der Waals surface area contributed by atoms with E-state index in [1.165, 1.54) is 6.42 Å². The quantitative estimate of drug-likeness (QED) is 0.379. The van der Waals surface area contributed by atoms with Gasteiger partial charge in [-0.15, -0.1) is 0 Å². The Balaban J connectivity index is 3.74. The van der Waals surface area contributed by atoms with Crippen LogP contribution in [-0.2, 0) is 9.53 Å². The third-order valence-electron chi connectivity index (χ3n) is 3.03. The molecule has 0 aliphatic heterocycles. The summed E-state index contributed by atoms with van der Waals surface area (Å²) in [6, 6.07) is 0. The van der Waals surface area contributed by atoms with Crippen LogP contribution >= 0.6 is 0 Å². The summed E-state index contributed by atoms with van der Waals surface area (Å²) in [5, 5.41) is 27.2. The van der Waals surface area contributed by atoms with E-state index in [1.807, 2.05) is 0 Å². The first-order valence-electron chi connectivity index (χ1n) is 6.62. The van der Waals surface area contributed by atoms with Crippen molar-refractivity contribution < 1.29 is 24.9 Å². The average molecular weight is 262 g/mol. The van der Waals surface area contributed by atoms with E-state index in [1.54, 1.807) is 0 Å². The molecule has 0 spiro atoms. The Kier molecular flexibility index (Phi) is 9.92. The van der Waals surface area contributed by atoms with Crippen molar-refractivity contribution in [1.29, 1.82) is 0 Å². The van der Waals surface area contributed by atoms with Crippen molar-refractivity contribution in [3.63, 3.8) is 0 Å². The Bertz CT molecular complexity index is 205. The smallest absolute Gasteiger partial charge is 0.305 e. The van der Waals surface area contributed by atoms with E-state index in [0.29, 0.717) is 6.42 Å². The number of hydrogen-bond acceptors (Lipinski definition) is 5. The summed E-state index contributed by atoms with van der Waals surface area (Å²) in [6.07, 6.45) is 5.62. The van der Waals surface area contributed by atoms with Crippen molar-refractivity contribution in [2.45, 2.75) is 45.4 Å². The molecule has 5 nitrogen and oxygen atoms in total. The number of ether oxygens (including phenoxy) is 1. The maximum absolute atomic E-state index is 11.4. The van der Waals surface area contributed by atoms with Gasteiger partial charge in [-0.3, -0.25) is 4.79 Å². The van der Waals surface area contributed by atoms with Crippen molar-refractivity contribution in [1.82, 2.24) is 0 Å². The third-order valence-corrected chi connectivity index (χ3v) is 3.03. The SMILES string of the molecule is CCCCCCCC(=O)OCC(CO)(CO)CO. The molecule has 0 amide bonds. The molecule has 18 heavy (non-hydrogen) atoms. The van der Waals surface area contributed by atoms with E-state index in [-0.39, 0.29) is 12.6 Å². The van der Waals surface area contributed by atoms with Gasteiger partial charge in [0.05, 0.1) is 25.2 Å². The third kappa shape index (κ3) is 6.93. The van der Waals surface area contributed by atoms with Crippen LogP contribution in [0, 0.1) is 5.41 Å². The zero-order valence-corrected chi connectivity index (χ0v) is 11.2. The topological polar surface area (TPSA) is 87.0 Å². The lowest BCUT2D eigenvalue weighted by molar-refractivity contribution is -0.151. The van der Waals surface area contributed by atoms with Crippen LogP contribution in [0.1, 0.15) is 45.4 Å². The van der Waals surface area contributed by atoms with Crippen LogP contribution in [0.15, 0.2) is 0 Å². The van der Waals surface area contributed by atoms with Gasteiger partial charge >= 0.3 is 5.97 Å². The number of carbonyl (C=O) groups excluding carboxylic acids is 1. The molecule has 5 heteroatoms. The van der Waals surface area contributed by atoms with Gasteiger partial charge in [0.1, 0.15) is 6.61 Å². The lowest BCUT2D eigenvalue weighted by atomic mass is 9.93. The van der Waals surface area contributed by atoms with Crippen LogP contribution in [0.5, 0.6) is 0 Å². The highest BCUT2D eigenvalue weighted by Gasteiger charge is 2.29. The van der Waals surface area contributed by atoms with Gasteiger partial charge in [-0.25, -0.2) is 0 Å². The summed E-state index contributed by atoms with van der Waals surface area (Å²) in [7, 11) is 0. The van der Waals surface area contributed by atoms with Gasteiger partial charge in [0.25, 0.3) is 0 Å². The minimum absolute atomic E-state index is 0.149. The molecular weight excluding hydrogens is 236 g/mol. The van der Waals surface area contributed by atoms with Gasteiger partial charge in [0.15, 0.2) is 0 Å². The number of aliphatic hydroxyl groups is 3. The van der Waals surface area contributed by atoms with E-state index >= 15 is 0 Å². The Morgan fingerprint density at radius 3 is 2.06 bits per heavy atom. The fourth-order valence-electron chi connectivity index (χ4n) is 1.47. The number of aliphatic hydroxyl groups excluding tert-OH is 3. The zero-order valence-electron chi connectivity index (χ0n) is 11.2. The largest absolute Gasteiger partial charge is 0.465 e. The molecule has 0 aromatic carbocycles. The molecule has 0 aromatic heterocycles. The van der Waals surface area contributed by atoms with E-state index in [4.69, 9.17) is 20.1 Å². The predicted octanol–water partition coefficient (Wildman–Crippen LogP) is 0.853. The van der Waals surface area contributed by atoms with Gasteiger partial charge in [0, 0.05) is 6.42 Å². The zero-order chi connectivity index (χ0) is 13.9. The first-order chi connectivity index (χ1) is 8.64. The predicted molar refractivity (Wildman–Crippen MR) is 68.0 cm³/mol. The summed E-state index contributed by atoms with van der Waals surface area (Å²) in [5.74, 6) is -0.341. The molecule has 0 saturated carbocycles. The van der Waals surface area contributed by atoms with Crippen LogP contribution in [0.3, 0.4) is 0 Å². The first-order valence-corrected chi connectivity index (χ1v) is 6.62. The van der Waals surface area contributed by atoms with Gasteiger partial charge in [-0.05, 0) is 6.42 Å². The highest BCUT2D eigenvalue weighted by atomic mass is 16.5. The molecule has 0 aromatic rings. The maximum Gasteiger partial charge on any atom is 0.305 e. The Hall–Kier alpha value is -0.650. The summed E-state index contributed by atoms with van der Waals surface area (Å²) in [6.45, 7) is 0.744. The molecule has 3 N–H and O–H groups in total. The van der Waals surface area contributed by atoms with Gasteiger partial charge < -0.3 is 20.1 Å². The number of hydrogen-bond donors (Lipinski definition) is 3. The van der Waals surface area contributed by atoms with E-state index in [0.717, 1.165) is 25.7 Å². The first kappa shape index (κ1) is 17.4. The van der Waals surface area contributed by atoms with Crippen molar-refractivity contribution in [3.05, 3.63) is 0 Å². The van der Waals surface area contributed by atoms with Crippen molar-refractivity contribution in [3.8, 4) is 0 Å². The summed E-state index contributed by atoms with van der Waals surface area (Å²) in [5.41, 5.74) is -1.13. The normalized spacial score (nSPS) is 11.6. The van der Waals surface area contributed by atoms with Crippen LogP contribution in [0.2, 0.25) is 0 Å². The van der Waals surface area contributed by atoms with E-state index in [9.17, 15) is 4.79 Å². The molecule has 0 fully saturated rings. The van der Waals surface area contributed by atoms with Crippen molar-refractivity contribution >= 4 is 5.97 Å². The molecule has 0 saturated heterocycles. The fraction of sp³-hybridized carbons (Fsp3) is 0.923. The summed E-state index contributed by atoms with van der Waals surface area (Å²) < 4.78 is 4.97. The van der Waals surface area contributed by atoms with Crippen LogP contribution in [0.4, 0.5) is 0 Å². The Morgan fingerprint density at radius 2 is 1.56 bits per heavy atom. The van der Waals surface area contributed by atoms with Crippen molar-refractivity contribution in [2.75, 3.05) is 26.4 Å². The molecule has 0 aliphatic rings. The second-order valence-electron chi connectivity index (χ2n) is 4.80. The van der Waals surface area contributed by atoms with Crippen molar-refractivity contribution in [2.24, 2.45) is 5.41 Å². The molecule has 0 rings (SSSR count). The van der Waals surface area contributed by atoms with Gasteiger partial charge in [0.2, 0.25) is 0 Å². The summed E-state index contributed by atoms with van der Waals surface area (Å²) >= 11 is 0. The number of rotatable bonds is 11. The van der Waals surface area contributed by atoms with Crippen LogP contribution < -0.4 is 0 Å².